The topological polar surface area (TPSA) is 269 Å². The highest BCUT2D eigenvalue weighted by molar-refractivity contribution is 7.95. The number of carbonyl (C=O) groups is 4. The molecule has 3 aliphatic rings. The lowest BCUT2D eigenvalue weighted by atomic mass is 9.72. The van der Waals surface area contributed by atoms with Gasteiger partial charge in [0.2, 0.25) is 11.7 Å². The summed E-state index contributed by atoms with van der Waals surface area (Å²) in [6.07, 6.45) is 0.685. The van der Waals surface area contributed by atoms with Gasteiger partial charge in [0.1, 0.15) is 82.5 Å². The maximum atomic E-state index is 14.1. The van der Waals surface area contributed by atoms with E-state index in [4.69, 9.17) is 18.9 Å². The van der Waals surface area contributed by atoms with Crippen LogP contribution < -0.4 is 30.7 Å². The first-order valence-corrected chi connectivity index (χ1v) is 28.2. The number of fused-ring (bicyclic) bond motifs is 3. The number of aliphatic hydroxyl groups is 3. The molecule has 18 nitrogen and oxygen atoms in total. The molecule has 7 aromatic rings. The fraction of sp³-hybridized carbons (Fsp3) is 0.279. The fourth-order valence-electron chi connectivity index (χ4n) is 11.2. The summed E-state index contributed by atoms with van der Waals surface area (Å²) >= 11 is 0. The van der Waals surface area contributed by atoms with E-state index in [2.05, 4.69) is 107 Å². The Hall–Kier alpha value is -8.09. The maximum Gasteiger partial charge on any atom is 0.244 e. The largest absolute Gasteiger partial charge is 0.507 e. The molecule has 1 aromatic heterocycles. The Bertz CT molecular complexity index is 3390. The highest BCUT2D eigenvalue weighted by Crippen LogP contribution is 2.56. The molecule has 6 atom stereocenters. The molecule has 0 radical (unpaired) electrons. The molecular formula is C61H60N4O14P+. The summed E-state index contributed by atoms with van der Waals surface area (Å²) < 4.78 is 25.4. The Kier molecular flexibility index (Phi) is 16.1. The molecule has 0 spiro atoms. The van der Waals surface area contributed by atoms with Crippen LogP contribution in [0, 0.1) is 0 Å². The van der Waals surface area contributed by atoms with E-state index in [-0.39, 0.29) is 52.3 Å². The van der Waals surface area contributed by atoms with E-state index in [1.165, 1.54) is 60.3 Å². The number of Topliss-reactive ketones (excluding diaryl/α,β-unsaturated/α-hetero) is 1. The fourth-order valence-corrected chi connectivity index (χ4v) is 15.6. The molecule has 1 saturated heterocycles. The number of aromatic nitrogens is 3. The summed E-state index contributed by atoms with van der Waals surface area (Å²) in [5, 5.41) is 82.7. The van der Waals surface area contributed by atoms with Crippen molar-refractivity contribution in [2.24, 2.45) is 0 Å². The van der Waals surface area contributed by atoms with E-state index in [9.17, 15) is 49.8 Å². The highest BCUT2D eigenvalue weighted by Gasteiger charge is 2.51. The summed E-state index contributed by atoms with van der Waals surface area (Å²) in [6.45, 7) is 1.17. The van der Waals surface area contributed by atoms with Crippen molar-refractivity contribution >= 4 is 52.5 Å². The molecule has 10 rings (SSSR count). The minimum atomic E-state index is -2.38. The number of rotatable bonds is 19. The lowest BCUT2D eigenvalue weighted by Gasteiger charge is -2.42. The molecule has 1 amide bonds. The summed E-state index contributed by atoms with van der Waals surface area (Å²) in [6, 6.07) is 40.3. The number of aromatic hydroxyl groups is 3. The van der Waals surface area contributed by atoms with Crippen LogP contribution in [0.15, 0.2) is 140 Å². The number of phenols is 3. The quantitative estimate of drug-likeness (QED) is 0.0227. The van der Waals surface area contributed by atoms with Crippen LogP contribution in [0.5, 0.6) is 28.7 Å². The third-order valence-electron chi connectivity index (χ3n) is 15.2. The first-order valence-electron chi connectivity index (χ1n) is 26.2. The Morgan fingerprint density at radius 2 is 1.51 bits per heavy atom. The number of nitrogens with one attached hydrogen (secondary N) is 1. The number of aryl methyl sites for hydroxylation is 1. The van der Waals surface area contributed by atoms with Gasteiger partial charge in [0, 0.05) is 60.2 Å². The van der Waals surface area contributed by atoms with Crippen LogP contribution in [0.2, 0.25) is 0 Å². The molecule has 0 saturated carbocycles. The van der Waals surface area contributed by atoms with E-state index in [0.29, 0.717) is 18.0 Å². The smallest absolute Gasteiger partial charge is 0.244 e. The minimum absolute atomic E-state index is 0.0483. The Morgan fingerprint density at radius 3 is 2.15 bits per heavy atom. The van der Waals surface area contributed by atoms with Crippen molar-refractivity contribution in [1.29, 1.82) is 0 Å². The summed E-state index contributed by atoms with van der Waals surface area (Å²) in [5.41, 5.74) is -3.30. The number of hydrogen-bond donors (Lipinski definition) is 7. The maximum absolute atomic E-state index is 14.1. The van der Waals surface area contributed by atoms with Crippen molar-refractivity contribution in [1.82, 2.24) is 20.3 Å². The average molecular weight is 1100 g/mol. The van der Waals surface area contributed by atoms with Gasteiger partial charge < -0.3 is 54.9 Å². The van der Waals surface area contributed by atoms with Crippen LogP contribution in [-0.4, -0.2) is 119 Å². The van der Waals surface area contributed by atoms with Gasteiger partial charge in [0.15, 0.2) is 17.9 Å². The number of amides is 1. The highest BCUT2D eigenvalue weighted by atomic mass is 31.2. The first-order chi connectivity index (χ1) is 38.6. The van der Waals surface area contributed by atoms with Crippen LogP contribution >= 0.6 is 7.26 Å². The second kappa shape index (κ2) is 23.3. The summed E-state index contributed by atoms with van der Waals surface area (Å²) in [7, 11) is -0.648. The Labute approximate surface area is 461 Å². The number of hydrogen-bond acceptors (Lipinski definition) is 16. The molecule has 1 aliphatic heterocycles. The summed E-state index contributed by atoms with van der Waals surface area (Å²) in [4.78, 5) is 54.5. The molecule has 412 valence electrons. The van der Waals surface area contributed by atoms with E-state index in [1.807, 2.05) is 10.9 Å². The predicted molar refractivity (Wildman–Crippen MR) is 296 cm³/mol. The Morgan fingerprint density at radius 1 is 0.850 bits per heavy atom. The monoisotopic (exact) mass is 1100 g/mol. The molecule has 1 unspecified atom stereocenters. The number of ketones is 3. The zero-order valence-electron chi connectivity index (χ0n) is 43.8. The van der Waals surface area contributed by atoms with Gasteiger partial charge >= 0.3 is 0 Å². The molecule has 7 N–H and O–H groups in total. The molecule has 2 heterocycles. The lowest BCUT2D eigenvalue weighted by molar-refractivity contribution is -0.249. The van der Waals surface area contributed by atoms with Gasteiger partial charge in [-0.15, -0.1) is 5.10 Å². The van der Waals surface area contributed by atoms with E-state index >= 15 is 0 Å². The van der Waals surface area contributed by atoms with E-state index in [0.717, 1.165) is 25.1 Å². The van der Waals surface area contributed by atoms with Crippen molar-refractivity contribution in [2.45, 2.75) is 88.4 Å². The van der Waals surface area contributed by atoms with Crippen LogP contribution in [0.3, 0.4) is 0 Å². The lowest BCUT2D eigenvalue weighted by Crippen LogP contribution is -2.55. The average Bonchev–Trinajstić information content (AvgIpc) is 4.06. The molecule has 80 heavy (non-hydrogen) atoms. The number of phenolic OH excluding ortho intramolecular Hbond substituents is 3. The van der Waals surface area contributed by atoms with Crippen LogP contribution in [0.1, 0.15) is 92.9 Å². The van der Waals surface area contributed by atoms with Gasteiger partial charge in [-0.2, -0.15) is 0 Å². The third-order valence-corrected chi connectivity index (χ3v) is 19.7. The van der Waals surface area contributed by atoms with Gasteiger partial charge in [0.25, 0.3) is 0 Å². The van der Waals surface area contributed by atoms with Gasteiger partial charge in [-0.05, 0) is 80.4 Å². The standard InChI is InChI=1S/C61H59N4O14P/c1-36-56(70)45(30-51(78-36)79-48-32-61(75,49(68)34-66)31-44-53(48)60(74)55-54(58(44)72)57(71)43-21-14-22-47(76-2)52(43)59(55)73)62-50(69)26-24-37-23-25-39(29-46(37)67)77-35-38-33-65(64-63-38)27-12-13-28-80(40-15-6-3-7-16-40,41-17-8-4-9-18-41)42-19-10-5-11-20-42/h3-11,14-26,29,33,36,45,48,51,56,66,70,75H,12-13,27-28,30-32,34-35H2,1-2H3,(H3-,62,63,64,67,69,71,72,73,74)/p+1/t36-,45?,48+,51-,56+,61+/m1/s1. The number of aliphatic hydroxyl groups excluding tert-OH is 2. The number of ether oxygens (including phenoxy) is 4. The second-order valence-corrected chi connectivity index (χ2v) is 23.8. The minimum Gasteiger partial charge on any atom is -0.507 e. The second-order valence-electron chi connectivity index (χ2n) is 20.2. The zero-order chi connectivity index (χ0) is 56.3. The van der Waals surface area contributed by atoms with E-state index < -0.39 is 109 Å². The zero-order valence-corrected chi connectivity index (χ0v) is 44.7. The van der Waals surface area contributed by atoms with Crippen molar-refractivity contribution in [3.05, 3.63) is 184 Å². The van der Waals surface area contributed by atoms with Gasteiger partial charge in [-0.3, -0.25) is 23.9 Å². The van der Waals surface area contributed by atoms with Gasteiger partial charge in [-0.1, -0.05) is 71.9 Å². The van der Waals surface area contributed by atoms with Gasteiger partial charge in [-0.25, -0.2) is 0 Å². The van der Waals surface area contributed by atoms with Crippen LogP contribution in [0.25, 0.3) is 6.08 Å². The molecule has 0 bridgehead atoms. The van der Waals surface area contributed by atoms with Crippen molar-refractivity contribution in [3.63, 3.8) is 0 Å². The van der Waals surface area contributed by atoms with E-state index in [1.54, 1.807) is 12.1 Å². The van der Waals surface area contributed by atoms with Crippen LogP contribution in [-0.2, 0) is 38.6 Å². The summed E-state index contributed by atoms with van der Waals surface area (Å²) in [5.74, 6) is -4.66. The number of nitrogens with zero attached hydrogens (tertiary/aromatic N) is 3. The van der Waals surface area contributed by atoms with Crippen molar-refractivity contribution < 1.29 is 68.8 Å². The third kappa shape index (κ3) is 10.7. The Balaban J connectivity index is 0.765. The normalized spacial score (nSPS) is 20.6. The number of benzene rings is 6. The van der Waals surface area contributed by atoms with Crippen LogP contribution in [0.4, 0.5) is 0 Å². The molecule has 2 aliphatic carbocycles. The molecule has 6 aromatic carbocycles. The SMILES string of the molecule is COc1cccc2c1C(=O)c1c(O)c3c(c(O)c1C2=O)C[C@@](O)(C(=O)CO)C[C@@H]3O[C@@H]1CC(NC(=O)/C=C/c2ccc(OCc3cn(CCCC[P+](c4ccccc4)(c4ccccc4)c4ccccc4)nn3)cc2O)[C@@H](O)[C@@H](C)O1. The number of methoxy groups -OCH3 is 1. The molecule has 19 heteroatoms. The molecule has 1 fully saturated rings. The first kappa shape index (κ1) is 55.2. The van der Waals surface area contributed by atoms with Crippen molar-refractivity contribution in [2.75, 3.05) is 19.9 Å². The number of carbonyl (C=O) groups excluding carboxylic acids is 4. The number of unbranched alkanes of at least 4 members (excludes halogenated alkanes) is 1. The van der Waals surface area contributed by atoms with Gasteiger partial charge in [0.05, 0.1) is 54.4 Å². The van der Waals surface area contributed by atoms with Crippen molar-refractivity contribution in [3.8, 4) is 28.7 Å². The molecular weight excluding hydrogens is 1040 g/mol. The predicted octanol–water partition coefficient (Wildman–Crippen LogP) is 5.52.